The molecule has 2 rings (SSSR count). The predicted molar refractivity (Wildman–Crippen MR) is 114 cm³/mol. The molecule has 0 radical (unpaired) electrons. The van der Waals surface area contributed by atoms with E-state index in [-0.39, 0.29) is 18.7 Å². The number of hydrogen-bond donors (Lipinski definition) is 2. The van der Waals surface area contributed by atoms with Gasteiger partial charge in [0.15, 0.2) is 6.61 Å². The van der Waals surface area contributed by atoms with Crippen molar-refractivity contribution in [2.45, 2.75) is 19.8 Å². The molecule has 0 heterocycles. The first-order valence-electron chi connectivity index (χ1n) is 8.64. The van der Waals surface area contributed by atoms with Crippen LogP contribution in [0.1, 0.15) is 18.4 Å². The summed E-state index contributed by atoms with van der Waals surface area (Å²) in [7, 11) is 1.50. The fraction of sp³-hybridized carbons (Fsp3) is 0.250. The summed E-state index contributed by atoms with van der Waals surface area (Å²) in [5.41, 5.74) is 1.72. The number of carbonyl (C=O) groups excluding carboxylic acids is 3. The van der Waals surface area contributed by atoms with Gasteiger partial charge in [-0.2, -0.15) is 0 Å². The molecule has 2 amide bonds. The lowest BCUT2D eigenvalue weighted by Gasteiger charge is -2.11. The number of anilines is 2. The number of hydrogen-bond acceptors (Lipinski definition) is 5. The van der Waals surface area contributed by atoms with Crippen molar-refractivity contribution >= 4 is 56.7 Å². The van der Waals surface area contributed by atoms with Gasteiger partial charge < -0.3 is 20.1 Å². The molecule has 0 fully saturated rings. The molecule has 2 aromatic carbocycles. The van der Waals surface area contributed by atoms with E-state index >= 15 is 0 Å². The van der Waals surface area contributed by atoms with Crippen molar-refractivity contribution in [3.63, 3.8) is 0 Å². The minimum absolute atomic E-state index is 0.0834. The summed E-state index contributed by atoms with van der Waals surface area (Å²) >= 11 is 9.41. The van der Waals surface area contributed by atoms with Crippen LogP contribution in [0.15, 0.2) is 40.9 Å². The minimum Gasteiger partial charge on any atom is -0.495 e. The zero-order valence-electron chi connectivity index (χ0n) is 15.9. The number of carbonyl (C=O) groups is 3. The lowest BCUT2D eigenvalue weighted by molar-refractivity contribution is -0.147. The van der Waals surface area contributed by atoms with Crippen LogP contribution < -0.4 is 15.4 Å². The summed E-state index contributed by atoms with van der Waals surface area (Å²) in [6.07, 6.45) is -0.239. The number of nitrogens with one attached hydrogen (secondary N) is 2. The van der Waals surface area contributed by atoms with E-state index in [1.807, 2.05) is 0 Å². The minimum atomic E-state index is -0.652. The Morgan fingerprint density at radius 1 is 1.00 bits per heavy atom. The molecule has 7 nitrogen and oxygen atoms in total. The first kappa shape index (κ1) is 22.7. The smallest absolute Gasteiger partial charge is 0.306 e. The van der Waals surface area contributed by atoms with Crippen LogP contribution in [0.5, 0.6) is 5.75 Å². The van der Waals surface area contributed by atoms with Crippen LogP contribution in [0.3, 0.4) is 0 Å². The van der Waals surface area contributed by atoms with Crippen molar-refractivity contribution < 1.29 is 23.9 Å². The van der Waals surface area contributed by atoms with Gasteiger partial charge in [-0.05, 0) is 52.7 Å². The van der Waals surface area contributed by atoms with Crippen LogP contribution in [0.2, 0.25) is 5.02 Å². The van der Waals surface area contributed by atoms with E-state index in [0.717, 1.165) is 0 Å². The highest BCUT2D eigenvalue weighted by atomic mass is 79.9. The summed E-state index contributed by atoms with van der Waals surface area (Å²) in [4.78, 5) is 35.8. The molecule has 0 unspecified atom stereocenters. The zero-order valence-corrected chi connectivity index (χ0v) is 18.2. The van der Waals surface area contributed by atoms with E-state index in [0.29, 0.717) is 32.2 Å². The Morgan fingerprint density at radius 3 is 2.41 bits per heavy atom. The normalized spacial score (nSPS) is 10.2. The standard InChI is InChI=1S/C20H20BrClN2O5/c1-12-14(8-7-13(21)20(12)22)23-18(26)11-29-19(27)10-9-17(25)24-15-5-3-4-6-16(15)28-2/h3-8H,9-11H2,1-2H3,(H,23,26)(H,24,25). The molecule has 0 bridgehead atoms. The molecule has 0 aliphatic heterocycles. The van der Waals surface area contributed by atoms with Gasteiger partial charge in [-0.3, -0.25) is 14.4 Å². The fourth-order valence-electron chi connectivity index (χ4n) is 2.37. The highest BCUT2D eigenvalue weighted by molar-refractivity contribution is 9.10. The van der Waals surface area contributed by atoms with Crippen molar-refractivity contribution in [2.75, 3.05) is 24.4 Å². The third kappa shape index (κ3) is 6.76. The van der Waals surface area contributed by atoms with Gasteiger partial charge in [0, 0.05) is 16.6 Å². The molecule has 9 heteroatoms. The molecule has 0 saturated heterocycles. The summed E-state index contributed by atoms with van der Waals surface area (Å²) in [5.74, 6) is -1.00. The molecular weight excluding hydrogens is 464 g/mol. The zero-order chi connectivity index (χ0) is 21.4. The van der Waals surface area contributed by atoms with Crippen LogP contribution in [0.25, 0.3) is 0 Å². The Balaban J connectivity index is 1.76. The molecular formula is C20H20BrClN2O5. The van der Waals surface area contributed by atoms with Crippen LogP contribution in [0, 0.1) is 6.92 Å². The number of ether oxygens (including phenoxy) is 2. The Morgan fingerprint density at radius 2 is 1.69 bits per heavy atom. The average molecular weight is 484 g/mol. The van der Waals surface area contributed by atoms with Crippen LogP contribution in [-0.4, -0.2) is 31.5 Å². The molecule has 0 aromatic heterocycles. The highest BCUT2D eigenvalue weighted by Gasteiger charge is 2.14. The average Bonchev–Trinajstić information content (AvgIpc) is 2.71. The van der Waals surface area contributed by atoms with E-state index in [1.54, 1.807) is 43.3 Å². The third-order valence-corrected chi connectivity index (χ3v) is 5.29. The number of benzene rings is 2. The monoisotopic (exact) mass is 482 g/mol. The van der Waals surface area contributed by atoms with Gasteiger partial charge in [-0.15, -0.1) is 0 Å². The number of halogens is 2. The molecule has 0 saturated carbocycles. The lowest BCUT2D eigenvalue weighted by atomic mass is 10.2. The van der Waals surface area contributed by atoms with E-state index in [9.17, 15) is 14.4 Å². The summed E-state index contributed by atoms with van der Waals surface area (Å²) < 4.78 is 10.8. The molecule has 0 atom stereocenters. The summed E-state index contributed by atoms with van der Waals surface area (Å²) in [5, 5.41) is 5.78. The van der Waals surface area contributed by atoms with Crippen molar-refractivity contribution in [3.8, 4) is 5.75 Å². The second-order valence-corrected chi connectivity index (χ2v) is 7.22. The number of para-hydroxylation sites is 2. The molecule has 2 N–H and O–H groups in total. The van der Waals surface area contributed by atoms with Crippen molar-refractivity contribution in [2.24, 2.45) is 0 Å². The van der Waals surface area contributed by atoms with Gasteiger partial charge in [-0.25, -0.2) is 0 Å². The van der Waals surface area contributed by atoms with Gasteiger partial charge in [0.05, 0.1) is 24.2 Å². The second kappa shape index (κ2) is 10.8. The fourth-order valence-corrected chi connectivity index (χ4v) is 2.96. The molecule has 0 aliphatic rings. The molecule has 0 aliphatic carbocycles. The molecule has 29 heavy (non-hydrogen) atoms. The van der Waals surface area contributed by atoms with E-state index in [4.69, 9.17) is 21.1 Å². The van der Waals surface area contributed by atoms with Gasteiger partial charge in [-0.1, -0.05) is 23.7 Å². The maximum Gasteiger partial charge on any atom is 0.306 e. The highest BCUT2D eigenvalue weighted by Crippen LogP contribution is 2.31. The van der Waals surface area contributed by atoms with Gasteiger partial charge in [0.1, 0.15) is 5.75 Å². The number of amides is 2. The van der Waals surface area contributed by atoms with E-state index in [2.05, 4.69) is 26.6 Å². The number of rotatable bonds is 8. The Hall–Kier alpha value is -2.58. The predicted octanol–water partition coefficient (Wildman–Crippen LogP) is 4.32. The van der Waals surface area contributed by atoms with E-state index < -0.39 is 18.5 Å². The van der Waals surface area contributed by atoms with Crippen molar-refractivity contribution in [3.05, 3.63) is 51.5 Å². The Bertz CT molecular complexity index is 920. The van der Waals surface area contributed by atoms with Gasteiger partial charge >= 0.3 is 5.97 Å². The summed E-state index contributed by atoms with van der Waals surface area (Å²) in [6, 6.07) is 10.3. The van der Waals surface area contributed by atoms with Gasteiger partial charge in [0.2, 0.25) is 5.91 Å². The SMILES string of the molecule is COc1ccccc1NC(=O)CCC(=O)OCC(=O)Nc1ccc(Br)c(Cl)c1C. The van der Waals surface area contributed by atoms with Crippen molar-refractivity contribution in [1.82, 2.24) is 0 Å². The Labute approximate surface area is 181 Å². The summed E-state index contributed by atoms with van der Waals surface area (Å²) in [6.45, 7) is 1.30. The largest absolute Gasteiger partial charge is 0.495 e. The van der Waals surface area contributed by atoms with Crippen molar-refractivity contribution in [1.29, 1.82) is 0 Å². The second-order valence-electron chi connectivity index (χ2n) is 5.99. The quantitative estimate of drug-likeness (QED) is 0.545. The number of methoxy groups -OCH3 is 1. The molecule has 154 valence electrons. The molecule has 0 spiro atoms. The topological polar surface area (TPSA) is 93.7 Å². The lowest BCUT2D eigenvalue weighted by Crippen LogP contribution is -2.22. The third-order valence-electron chi connectivity index (χ3n) is 3.91. The van der Waals surface area contributed by atoms with Crippen LogP contribution in [-0.2, 0) is 19.1 Å². The number of esters is 1. The first-order chi connectivity index (χ1) is 13.8. The van der Waals surface area contributed by atoms with E-state index in [1.165, 1.54) is 7.11 Å². The van der Waals surface area contributed by atoms with Crippen LogP contribution >= 0.6 is 27.5 Å². The van der Waals surface area contributed by atoms with Crippen LogP contribution in [0.4, 0.5) is 11.4 Å². The Kier molecular flexibility index (Phi) is 8.48. The van der Waals surface area contributed by atoms with Gasteiger partial charge in [0.25, 0.3) is 5.91 Å². The first-order valence-corrected chi connectivity index (χ1v) is 9.82. The maximum atomic E-state index is 12.0. The maximum absolute atomic E-state index is 12.0. The molecule has 2 aromatic rings.